The van der Waals surface area contributed by atoms with Gasteiger partial charge in [0.25, 0.3) is 5.89 Å². The van der Waals surface area contributed by atoms with Crippen molar-refractivity contribution in [2.45, 2.75) is 6.54 Å². The second-order valence-corrected chi connectivity index (χ2v) is 7.49. The normalized spacial score (nSPS) is 14.6. The van der Waals surface area contributed by atoms with Crippen LogP contribution >= 0.6 is 0 Å². The molecule has 0 bridgehead atoms. The van der Waals surface area contributed by atoms with Gasteiger partial charge >= 0.3 is 0 Å². The summed E-state index contributed by atoms with van der Waals surface area (Å²) in [5.74, 6) is 1.74. The molecule has 1 fully saturated rings. The van der Waals surface area contributed by atoms with E-state index in [0.29, 0.717) is 11.6 Å². The van der Waals surface area contributed by atoms with E-state index in [1.165, 1.54) is 5.56 Å². The van der Waals surface area contributed by atoms with Gasteiger partial charge in [-0.15, -0.1) is 10.2 Å². The van der Waals surface area contributed by atoms with Crippen LogP contribution in [0.3, 0.4) is 0 Å². The first-order chi connectivity index (χ1) is 15.3. The molecule has 0 amide bonds. The third kappa shape index (κ3) is 4.24. The second-order valence-electron chi connectivity index (χ2n) is 7.49. The number of nitrogens with zero attached hydrogens (tertiary/aromatic N) is 6. The van der Waals surface area contributed by atoms with E-state index in [2.05, 4.69) is 49.2 Å². The van der Waals surface area contributed by atoms with Crippen molar-refractivity contribution in [3.05, 3.63) is 72.4 Å². The number of rotatable bonds is 5. The fraction of sp³-hybridized carbons (Fsp3) is 0.217. The highest BCUT2D eigenvalue weighted by atomic mass is 16.4. The van der Waals surface area contributed by atoms with Gasteiger partial charge in [0, 0.05) is 38.3 Å². The number of anilines is 2. The van der Waals surface area contributed by atoms with Gasteiger partial charge in [0.2, 0.25) is 5.89 Å². The van der Waals surface area contributed by atoms with E-state index in [0.717, 1.165) is 44.1 Å². The summed E-state index contributed by atoms with van der Waals surface area (Å²) in [7, 11) is 0. The Hall–Kier alpha value is -3.78. The molecular formula is C23H23N7O. The zero-order chi connectivity index (χ0) is 21.0. The molecule has 1 aliphatic rings. The second kappa shape index (κ2) is 8.53. The molecule has 156 valence electrons. The maximum absolute atomic E-state index is 6.08. The van der Waals surface area contributed by atoms with E-state index in [-0.39, 0.29) is 11.7 Å². The molecule has 31 heavy (non-hydrogen) atoms. The minimum absolute atomic E-state index is 0.272. The Bertz CT molecular complexity index is 1140. The summed E-state index contributed by atoms with van der Waals surface area (Å²) in [4.78, 5) is 13.7. The molecule has 1 saturated heterocycles. The molecule has 0 unspecified atom stereocenters. The summed E-state index contributed by atoms with van der Waals surface area (Å²) < 4.78 is 5.83. The number of aromatic nitrogens is 4. The minimum atomic E-state index is 0.272. The summed E-state index contributed by atoms with van der Waals surface area (Å²) in [6.45, 7) is 4.59. The first-order valence-corrected chi connectivity index (χ1v) is 10.3. The van der Waals surface area contributed by atoms with Crippen LogP contribution in [0.4, 0.5) is 11.6 Å². The number of nitrogens with two attached hydrogens (primary N) is 1. The van der Waals surface area contributed by atoms with Gasteiger partial charge in [-0.1, -0.05) is 48.5 Å². The highest BCUT2D eigenvalue weighted by Crippen LogP contribution is 2.27. The third-order valence-electron chi connectivity index (χ3n) is 5.38. The molecule has 2 N–H and O–H groups in total. The number of hydrogen-bond acceptors (Lipinski definition) is 8. The molecule has 2 aromatic heterocycles. The van der Waals surface area contributed by atoms with Crippen molar-refractivity contribution in [3.63, 3.8) is 0 Å². The molecular weight excluding hydrogens is 390 g/mol. The molecule has 0 spiro atoms. The lowest BCUT2D eigenvalue weighted by Gasteiger charge is -2.35. The molecule has 4 aromatic rings. The largest absolute Gasteiger partial charge is 0.414 e. The Morgan fingerprint density at radius 2 is 1.52 bits per heavy atom. The Morgan fingerprint density at radius 1 is 0.839 bits per heavy atom. The smallest absolute Gasteiger partial charge is 0.270 e. The molecule has 0 radical (unpaired) electrons. The zero-order valence-electron chi connectivity index (χ0n) is 17.1. The van der Waals surface area contributed by atoms with E-state index >= 15 is 0 Å². The van der Waals surface area contributed by atoms with Crippen LogP contribution in [0.25, 0.3) is 23.0 Å². The predicted octanol–water partition coefficient (Wildman–Crippen LogP) is 3.10. The molecule has 0 saturated carbocycles. The van der Waals surface area contributed by atoms with Crippen molar-refractivity contribution in [2.75, 3.05) is 36.8 Å². The summed E-state index contributed by atoms with van der Waals surface area (Å²) in [6.07, 6.45) is 1.71. The van der Waals surface area contributed by atoms with E-state index in [1.54, 1.807) is 6.20 Å². The van der Waals surface area contributed by atoms with Gasteiger partial charge in [0.15, 0.2) is 11.5 Å². The number of nitrogen functional groups attached to an aromatic ring is 1. The van der Waals surface area contributed by atoms with Crippen LogP contribution in [-0.2, 0) is 6.54 Å². The van der Waals surface area contributed by atoms with Gasteiger partial charge < -0.3 is 15.1 Å². The van der Waals surface area contributed by atoms with Crippen molar-refractivity contribution in [2.24, 2.45) is 0 Å². The van der Waals surface area contributed by atoms with Crippen molar-refractivity contribution < 1.29 is 4.42 Å². The highest BCUT2D eigenvalue weighted by molar-refractivity contribution is 5.65. The molecule has 5 rings (SSSR count). The topological polar surface area (TPSA) is 97.2 Å². The average molecular weight is 413 g/mol. The highest BCUT2D eigenvalue weighted by Gasteiger charge is 2.21. The Labute approximate surface area is 180 Å². The van der Waals surface area contributed by atoms with Crippen LogP contribution in [-0.4, -0.2) is 51.2 Å². The average Bonchev–Trinajstić information content (AvgIpc) is 3.31. The van der Waals surface area contributed by atoms with E-state index in [4.69, 9.17) is 15.1 Å². The van der Waals surface area contributed by atoms with E-state index in [9.17, 15) is 0 Å². The lowest BCUT2D eigenvalue weighted by Crippen LogP contribution is -2.46. The molecule has 8 nitrogen and oxygen atoms in total. The van der Waals surface area contributed by atoms with Gasteiger partial charge in [-0.3, -0.25) is 4.90 Å². The van der Waals surface area contributed by atoms with Crippen molar-refractivity contribution in [3.8, 4) is 23.0 Å². The third-order valence-corrected chi connectivity index (χ3v) is 5.38. The zero-order valence-corrected chi connectivity index (χ0v) is 17.1. The number of benzene rings is 2. The van der Waals surface area contributed by atoms with E-state index < -0.39 is 0 Å². The van der Waals surface area contributed by atoms with E-state index in [1.807, 2.05) is 36.4 Å². The van der Waals surface area contributed by atoms with Crippen molar-refractivity contribution >= 4 is 11.6 Å². The summed E-state index contributed by atoms with van der Waals surface area (Å²) in [6, 6.07) is 20.1. The minimum Gasteiger partial charge on any atom is -0.414 e. The predicted molar refractivity (Wildman–Crippen MR) is 119 cm³/mol. The summed E-state index contributed by atoms with van der Waals surface area (Å²) in [5.41, 5.74) is 8.67. The van der Waals surface area contributed by atoms with Gasteiger partial charge in [-0.2, -0.15) is 0 Å². The maximum Gasteiger partial charge on any atom is 0.270 e. The maximum atomic E-state index is 6.08. The van der Waals surface area contributed by atoms with Crippen LogP contribution in [0.1, 0.15) is 5.56 Å². The van der Waals surface area contributed by atoms with Gasteiger partial charge in [-0.25, -0.2) is 9.97 Å². The van der Waals surface area contributed by atoms with Crippen molar-refractivity contribution in [1.82, 2.24) is 25.1 Å². The van der Waals surface area contributed by atoms with Crippen LogP contribution in [0.2, 0.25) is 0 Å². The molecule has 0 aliphatic carbocycles. The fourth-order valence-corrected chi connectivity index (χ4v) is 3.69. The SMILES string of the molecule is Nc1ncc(N2CCN(Cc3ccccc3)CC2)nc1-c1nnc(-c2ccccc2)o1. The molecule has 2 aromatic carbocycles. The number of piperazine rings is 1. The summed E-state index contributed by atoms with van der Waals surface area (Å²) in [5, 5.41) is 8.28. The summed E-state index contributed by atoms with van der Waals surface area (Å²) >= 11 is 0. The van der Waals surface area contributed by atoms with Crippen LogP contribution in [0, 0.1) is 0 Å². The Kier molecular flexibility index (Phi) is 5.28. The Balaban J connectivity index is 1.30. The first-order valence-electron chi connectivity index (χ1n) is 10.3. The van der Waals surface area contributed by atoms with Crippen molar-refractivity contribution in [1.29, 1.82) is 0 Å². The molecule has 8 heteroatoms. The first kappa shape index (κ1) is 19.2. The lowest BCUT2D eigenvalue weighted by atomic mass is 10.2. The van der Waals surface area contributed by atoms with Gasteiger partial charge in [0.05, 0.1) is 6.20 Å². The Morgan fingerprint density at radius 3 is 2.26 bits per heavy atom. The molecule has 0 atom stereocenters. The standard InChI is InChI=1S/C23H23N7O/c24-21-20(23-28-27-22(31-23)18-9-5-2-6-10-18)26-19(15-25-21)30-13-11-29(12-14-30)16-17-7-3-1-4-8-17/h1-10,15H,11-14,16H2,(H2,24,25). The van der Waals surface area contributed by atoms with Gasteiger partial charge in [-0.05, 0) is 17.7 Å². The van der Waals surface area contributed by atoms with Crippen LogP contribution < -0.4 is 10.6 Å². The molecule has 1 aliphatic heterocycles. The number of hydrogen-bond donors (Lipinski definition) is 1. The van der Waals surface area contributed by atoms with Crippen LogP contribution in [0.15, 0.2) is 71.3 Å². The van der Waals surface area contributed by atoms with Crippen LogP contribution in [0.5, 0.6) is 0 Å². The quantitative estimate of drug-likeness (QED) is 0.533. The molecule has 3 heterocycles. The van der Waals surface area contributed by atoms with Gasteiger partial charge in [0.1, 0.15) is 5.82 Å². The monoisotopic (exact) mass is 413 g/mol. The fourth-order valence-electron chi connectivity index (χ4n) is 3.69. The lowest BCUT2D eigenvalue weighted by molar-refractivity contribution is 0.249.